The van der Waals surface area contributed by atoms with Crippen LogP contribution in [-0.4, -0.2) is 31.1 Å². The molecule has 2 atom stereocenters. The molecule has 0 saturated carbocycles. The summed E-state index contributed by atoms with van der Waals surface area (Å²) in [6.07, 6.45) is -1.66. The number of hydrazine groups is 1. The molecule has 0 unspecified atom stereocenters. The molecule has 0 spiro atoms. The summed E-state index contributed by atoms with van der Waals surface area (Å²) in [6.45, 7) is 3.17. The summed E-state index contributed by atoms with van der Waals surface area (Å²) < 4.78 is 16.5. The predicted molar refractivity (Wildman–Crippen MR) is 113 cm³/mol. The lowest BCUT2D eigenvalue weighted by molar-refractivity contribution is -0.135. The number of rotatable bonds is 7. The summed E-state index contributed by atoms with van der Waals surface area (Å²) in [5.41, 5.74) is 4.71. The lowest BCUT2D eigenvalue weighted by Crippen LogP contribution is -2.50. The summed E-state index contributed by atoms with van der Waals surface area (Å²) in [5, 5.41) is 2.09. The van der Waals surface area contributed by atoms with Gasteiger partial charge in [-0.3, -0.25) is 20.4 Å². The summed E-state index contributed by atoms with van der Waals surface area (Å²) in [7, 11) is 1.52. The molecule has 0 radical (unpaired) electrons. The second kappa shape index (κ2) is 9.65. The first-order valence-corrected chi connectivity index (χ1v) is 9.53. The van der Waals surface area contributed by atoms with E-state index < -0.39 is 24.0 Å². The Bertz CT molecular complexity index is 1040. The van der Waals surface area contributed by atoms with Crippen molar-refractivity contribution < 1.29 is 23.8 Å². The van der Waals surface area contributed by atoms with Crippen molar-refractivity contribution in [1.29, 1.82) is 0 Å². The van der Waals surface area contributed by atoms with Gasteiger partial charge in [-0.05, 0) is 48.9 Å². The Morgan fingerprint density at radius 3 is 1.97 bits per heavy atom. The molecule has 0 heterocycles. The zero-order valence-corrected chi connectivity index (χ0v) is 17.0. The second-order valence-corrected chi connectivity index (χ2v) is 6.66. The van der Waals surface area contributed by atoms with Crippen molar-refractivity contribution in [1.82, 2.24) is 10.9 Å². The van der Waals surface area contributed by atoms with Crippen LogP contribution < -0.4 is 25.1 Å². The largest absolute Gasteiger partial charge is 0.493 e. The van der Waals surface area contributed by atoms with Crippen molar-refractivity contribution in [3.8, 4) is 17.2 Å². The second-order valence-electron chi connectivity index (χ2n) is 6.66. The fourth-order valence-corrected chi connectivity index (χ4v) is 2.78. The number of carbonyl (C=O) groups is 2. The molecule has 30 heavy (non-hydrogen) atoms. The van der Waals surface area contributed by atoms with Gasteiger partial charge in [0.1, 0.15) is 5.75 Å². The van der Waals surface area contributed by atoms with Crippen LogP contribution in [0, 0.1) is 0 Å². The van der Waals surface area contributed by atoms with Crippen LogP contribution in [0.4, 0.5) is 0 Å². The van der Waals surface area contributed by atoms with Gasteiger partial charge in [0.05, 0.1) is 7.11 Å². The first-order chi connectivity index (χ1) is 14.5. The van der Waals surface area contributed by atoms with E-state index in [4.69, 9.17) is 14.2 Å². The van der Waals surface area contributed by atoms with E-state index in [0.29, 0.717) is 17.2 Å². The SMILES string of the molecule is COc1ccccc1O[C@H](C)C(=O)NNC(=O)[C@@H](C)Oc1ccc2ccccc2c1. The Labute approximate surface area is 174 Å². The van der Waals surface area contributed by atoms with E-state index in [0.717, 1.165) is 10.8 Å². The molecule has 0 aromatic heterocycles. The molecule has 3 aromatic rings. The Hall–Kier alpha value is -3.74. The van der Waals surface area contributed by atoms with Gasteiger partial charge >= 0.3 is 0 Å². The Kier molecular flexibility index (Phi) is 6.75. The zero-order valence-electron chi connectivity index (χ0n) is 17.0. The van der Waals surface area contributed by atoms with Crippen LogP contribution in [-0.2, 0) is 9.59 Å². The molecule has 2 N–H and O–H groups in total. The number of para-hydroxylation sites is 2. The number of amides is 2. The highest BCUT2D eigenvalue weighted by Crippen LogP contribution is 2.26. The molecule has 2 amide bonds. The summed E-state index contributed by atoms with van der Waals surface area (Å²) in [4.78, 5) is 24.5. The van der Waals surface area contributed by atoms with Gasteiger partial charge in [0.2, 0.25) is 0 Å². The molecule has 0 bridgehead atoms. The zero-order chi connectivity index (χ0) is 21.5. The molecule has 7 nitrogen and oxygen atoms in total. The average molecular weight is 408 g/mol. The standard InChI is InChI=1S/C23H24N2O5/c1-15(29-19-13-12-17-8-4-5-9-18(17)14-19)22(26)24-25-23(27)16(2)30-21-11-7-6-10-20(21)28-3/h4-16H,1-3H3,(H,24,26)(H,25,27)/t15-,16-/m1/s1. The van der Waals surface area contributed by atoms with E-state index in [1.807, 2.05) is 36.4 Å². The molecule has 7 heteroatoms. The van der Waals surface area contributed by atoms with Gasteiger partial charge in [0.25, 0.3) is 11.8 Å². The van der Waals surface area contributed by atoms with Gasteiger partial charge in [-0.25, -0.2) is 0 Å². The number of benzene rings is 3. The number of carbonyl (C=O) groups excluding carboxylic acids is 2. The molecule has 156 valence electrons. The van der Waals surface area contributed by atoms with Crippen molar-refractivity contribution in [3.05, 3.63) is 66.7 Å². The lowest BCUT2D eigenvalue weighted by Gasteiger charge is -2.18. The number of hydrogen-bond acceptors (Lipinski definition) is 5. The van der Waals surface area contributed by atoms with Crippen molar-refractivity contribution >= 4 is 22.6 Å². The van der Waals surface area contributed by atoms with E-state index in [1.165, 1.54) is 7.11 Å². The van der Waals surface area contributed by atoms with E-state index >= 15 is 0 Å². The molecule has 0 aliphatic rings. The van der Waals surface area contributed by atoms with Crippen LogP contribution in [0.15, 0.2) is 66.7 Å². The van der Waals surface area contributed by atoms with Crippen LogP contribution in [0.1, 0.15) is 13.8 Å². The topological polar surface area (TPSA) is 85.9 Å². The van der Waals surface area contributed by atoms with Crippen LogP contribution in [0.5, 0.6) is 17.2 Å². The third kappa shape index (κ3) is 5.20. The highest BCUT2D eigenvalue weighted by Gasteiger charge is 2.20. The van der Waals surface area contributed by atoms with Gasteiger partial charge < -0.3 is 14.2 Å². The maximum absolute atomic E-state index is 12.3. The van der Waals surface area contributed by atoms with Gasteiger partial charge in [-0.15, -0.1) is 0 Å². The van der Waals surface area contributed by atoms with Crippen molar-refractivity contribution in [2.75, 3.05) is 7.11 Å². The summed E-state index contributed by atoms with van der Waals surface area (Å²) in [5.74, 6) is 0.518. The van der Waals surface area contributed by atoms with Gasteiger partial charge in [0, 0.05) is 0 Å². The minimum absolute atomic E-state index is 0.432. The fraction of sp³-hybridized carbons (Fsp3) is 0.217. The third-order valence-corrected chi connectivity index (χ3v) is 4.45. The summed E-state index contributed by atoms with van der Waals surface area (Å²) in [6, 6.07) is 20.4. The summed E-state index contributed by atoms with van der Waals surface area (Å²) >= 11 is 0. The maximum atomic E-state index is 12.3. The van der Waals surface area contributed by atoms with E-state index in [2.05, 4.69) is 10.9 Å². The third-order valence-electron chi connectivity index (χ3n) is 4.45. The lowest BCUT2D eigenvalue weighted by atomic mass is 10.1. The number of fused-ring (bicyclic) bond motifs is 1. The Morgan fingerprint density at radius 1 is 0.733 bits per heavy atom. The van der Waals surface area contributed by atoms with Crippen LogP contribution in [0.2, 0.25) is 0 Å². The fourth-order valence-electron chi connectivity index (χ4n) is 2.78. The quantitative estimate of drug-likeness (QED) is 0.586. The van der Waals surface area contributed by atoms with E-state index in [1.54, 1.807) is 44.2 Å². The van der Waals surface area contributed by atoms with Crippen LogP contribution in [0.25, 0.3) is 10.8 Å². The smallest absolute Gasteiger partial charge is 0.279 e. The number of methoxy groups -OCH3 is 1. The van der Waals surface area contributed by atoms with Gasteiger partial charge in [0.15, 0.2) is 23.7 Å². The van der Waals surface area contributed by atoms with Crippen LogP contribution in [0.3, 0.4) is 0 Å². The monoisotopic (exact) mass is 408 g/mol. The predicted octanol–water partition coefficient (Wildman–Crippen LogP) is 3.23. The van der Waals surface area contributed by atoms with Crippen LogP contribution >= 0.6 is 0 Å². The highest BCUT2D eigenvalue weighted by atomic mass is 16.5. The number of nitrogens with one attached hydrogen (secondary N) is 2. The van der Waals surface area contributed by atoms with E-state index in [-0.39, 0.29) is 0 Å². The van der Waals surface area contributed by atoms with Crippen molar-refractivity contribution in [2.24, 2.45) is 0 Å². The normalized spacial score (nSPS) is 12.5. The molecule has 0 aliphatic heterocycles. The Morgan fingerprint density at radius 2 is 1.30 bits per heavy atom. The van der Waals surface area contributed by atoms with Crippen molar-refractivity contribution in [2.45, 2.75) is 26.1 Å². The molecule has 3 rings (SSSR count). The average Bonchev–Trinajstić information content (AvgIpc) is 2.77. The minimum atomic E-state index is -0.849. The molecular weight excluding hydrogens is 384 g/mol. The minimum Gasteiger partial charge on any atom is -0.493 e. The first kappa shape index (κ1) is 21.0. The highest BCUT2D eigenvalue weighted by molar-refractivity contribution is 5.87. The van der Waals surface area contributed by atoms with E-state index in [9.17, 15) is 9.59 Å². The molecule has 3 aromatic carbocycles. The first-order valence-electron chi connectivity index (χ1n) is 9.53. The van der Waals surface area contributed by atoms with Crippen molar-refractivity contribution in [3.63, 3.8) is 0 Å². The molecule has 0 fully saturated rings. The molecular formula is C23H24N2O5. The van der Waals surface area contributed by atoms with Gasteiger partial charge in [-0.2, -0.15) is 0 Å². The molecule has 0 saturated heterocycles. The number of hydrogen-bond donors (Lipinski definition) is 2. The van der Waals surface area contributed by atoms with Gasteiger partial charge in [-0.1, -0.05) is 42.5 Å². The number of ether oxygens (including phenoxy) is 3. The Balaban J connectivity index is 1.51. The maximum Gasteiger partial charge on any atom is 0.279 e. The molecule has 0 aliphatic carbocycles.